The van der Waals surface area contributed by atoms with Crippen molar-refractivity contribution in [2.75, 3.05) is 12.4 Å². The summed E-state index contributed by atoms with van der Waals surface area (Å²) in [6.45, 7) is 4.57. The molecule has 0 unspecified atom stereocenters. The first-order chi connectivity index (χ1) is 8.11. The highest BCUT2D eigenvalue weighted by molar-refractivity contribution is 6.31. The van der Waals surface area contributed by atoms with Crippen molar-refractivity contribution in [2.45, 2.75) is 20.4 Å². The molecule has 0 fully saturated rings. The highest BCUT2D eigenvalue weighted by Crippen LogP contribution is 2.19. The Morgan fingerprint density at radius 3 is 2.59 bits per heavy atom. The molecule has 0 aliphatic heterocycles. The van der Waals surface area contributed by atoms with Gasteiger partial charge in [0, 0.05) is 13.2 Å². The molecule has 17 heavy (non-hydrogen) atoms. The topological polar surface area (TPSA) is 42.7 Å². The molecular weight excluding hydrogens is 236 g/mol. The molecule has 0 amide bonds. The van der Waals surface area contributed by atoms with Gasteiger partial charge in [-0.25, -0.2) is 4.98 Å². The van der Waals surface area contributed by atoms with E-state index in [1.54, 1.807) is 0 Å². The Balaban J connectivity index is 2.22. The third-order valence-electron chi connectivity index (χ3n) is 2.71. The molecule has 90 valence electrons. The molecule has 2 rings (SSSR count). The van der Waals surface area contributed by atoms with Gasteiger partial charge in [-0.2, -0.15) is 5.10 Å². The average molecular weight is 251 g/mol. The van der Waals surface area contributed by atoms with E-state index in [1.165, 1.54) is 0 Å². The molecule has 0 saturated heterocycles. The van der Waals surface area contributed by atoms with Crippen molar-refractivity contribution < 1.29 is 0 Å². The van der Waals surface area contributed by atoms with Crippen LogP contribution in [0.1, 0.15) is 17.0 Å². The fourth-order valence-corrected chi connectivity index (χ4v) is 1.80. The van der Waals surface area contributed by atoms with Crippen LogP contribution >= 0.6 is 11.6 Å². The van der Waals surface area contributed by atoms with Crippen molar-refractivity contribution >= 4 is 17.4 Å². The maximum absolute atomic E-state index is 6.10. The lowest BCUT2D eigenvalue weighted by atomic mass is 10.3. The zero-order chi connectivity index (χ0) is 12.4. The SMILES string of the molecule is CNc1ccc(Cn2nc(C)c(Cl)c2C)cn1. The molecule has 1 N–H and O–H groups in total. The van der Waals surface area contributed by atoms with Crippen LogP contribution in [0.15, 0.2) is 18.3 Å². The highest BCUT2D eigenvalue weighted by Gasteiger charge is 2.09. The van der Waals surface area contributed by atoms with Crippen LogP contribution in [0.5, 0.6) is 0 Å². The van der Waals surface area contributed by atoms with Crippen LogP contribution < -0.4 is 5.32 Å². The molecule has 0 aliphatic rings. The predicted molar refractivity (Wildman–Crippen MR) is 69.6 cm³/mol. The van der Waals surface area contributed by atoms with Gasteiger partial charge >= 0.3 is 0 Å². The minimum atomic E-state index is 0.691. The zero-order valence-electron chi connectivity index (χ0n) is 10.2. The largest absolute Gasteiger partial charge is 0.373 e. The Labute approximate surface area is 106 Å². The van der Waals surface area contributed by atoms with Crippen LogP contribution in [0, 0.1) is 13.8 Å². The van der Waals surface area contributed by atoms with E-state index in [0.717, 1.165) is 27.8 Å². The molecule has 0 spiro atoms. The summed E-state index contributed by atoms with van der Waals surface area (Å²) in [5.41, 5.74) is 2.96. The molecule has 0 atom stereocenters. The quantitative estimate of drug-likeness (QED) is 0.911. The summed E-state index contributed by atoms with van der Waals surface area (Å²) in [6.07, 6.45) is 1.84. The molecule has 0 saturated carbocycles. The predicted octanol–water partition coefficient (Wildman–Crippen LogP) is 2.64. The number of rotatable bonds is 3. The molecule has 2 aromatic rings. The third kappa shape index (κ3) is 2.42. The smallest absolute Gasteiger partial charge is 0.125 e. The average Bonchev–Trinajstić information content (AvgIpc) is 2.58. The van der Waals surface area contributed by atoms with Crippen LogP contribution in [-0.2, 0) is 6.54 Å². The highest BCUT2D eigenvalue weighted by atomic mass is 35.5. The summed E-state index contributed by atoms with van der Waals surface area (Å²) in [5, 5.41) is 8.12. The lowest BCUT2D eigenvalue weighted by molar-refractivity contribution is 0.657. The van der Waals surface area contributed by atoms with E-state index in [2.05, 4.69) is 15.4 Å². The van der Waals surface area contributed by atoms with Gasteiger partial charge in [0.05, 0.1) is 23.0 Å². The van der Waals surface area contributed by atoms with Crippen molar-refractivity contribution in [2.24, 2.45) is 0 Å². The van der Waals surface area contributed by atoms with Gasteiger partial charge in [0.2, 0.25) is 0 Å². The monoisotopic (exact) mass is 250 g/mol. The number of aryl methyl sites for hydroxylation is 1. The van der Waals surface area contributed by atoms with Gasteiger partial charge in [0.1, 0.15) is 5.82 Å². The zero-order valence-corrected chi connectivity index (χ0v) is 10.9. The van der Waals surface area contributed by atoms with E-state index in [9.17, 15) is 0 Å². The molecule has 0 radical (unpaired) electrons. The van der Waals surface area contributed by atoms with Crippen LogP contribution in [0.25, 0.3) is 0 Å². The molecule has 4 nitrogen and oxygen atoms in total. The van der Waals surface area contributed by atoms with Crippen LogP contribution in [0.2, 0.25) is 5.02 Å². The maximum Gasteiger partial charge on any atom is 0.125 e. The van der Waals surface area contributed by atoms with E-state index in [0.29, 0.717) is 6.54 Å². The Morgan fingerprint density at radius 1 is 1.35 bits per heavy atom. The van der Waals surface area contributed by atoms with Gasteiger partial charge in [-0.15, -0.1) is 0 Å². The van der Waals surface area contributed by atoms with Crippen molar-refractivity contribution in [1.29, 1.82) is 0 Å². The standard InChI is InChI=1S/C12H15ClN4/c1-8-12(13)9(2)17(16-8)7-10-4-5-11(14-3)15-6-10/h4-6H,7H2,1-3H3,(H,14,15). The second kappa shape index (κ2) is 4.75. The van der Waals surface area contributed by atoms with E-state index >= 15 is 0 Å². The van der Waals surface area contributed by atoms with Crippen molar-refractivity contribution in [3.63, 3.8) is 0 Å². The lowest BCUT2D eigenvalue weighted by Gasteiger charge is -2.05. The third-order valence-corrected chi connectivity index (χ3v) is 3.25. The second-order valence-corrected chi connectivity index (χ2v) is 4.32. The summed E-state index contributed by atoms with van der Waals surface area (Å²) in [6, 6.07) is 3.98. The Morgan fingerprint density at radius 2 is 2.12 bits per heavy atom. The second-order valence-electron chi connectivity index (χ2n) is 3.94. The minimum absolute atomic E-state index is 0.691. The Kier molecular flexibility index (Phi) is 3.33. The summed E-state index contributed by atoms with van der Waals surface area (Å²) in [4.78, 5) is 4.27. The van der Waals surface area contributed by atoms with Gasteiger partial charge < -0.3 is 5.32 Å². The van der Waals surface area contributed by atoms with E-state index < -0.39 is 0 Å². The molecule has 2 heterocycles. The van der Waals surface area contributed by atoms with Crippen LogP contribution in [0.4, 0.5) is 5.82 Å². The number of hydrogen-bond donors (Lipinski definition) is 1. The molecule has 2 aromatic heterocycles. The fourth-order valence-electron chi connectivity index (χ4n) is 1.67. The fraction of sp³-hybridized carbons (Fsp3) is 0.333. The van der Waals surface area contributed by atoms with Crippen molar-refractivity contribution in [1.82, 2.24) is 14.8 Å². The summed E-state index contributed by atoms with van der Waals surface area (Å²) in [7, 11) is 1.85. The van der Waals surface area contributed by atoms with Crippen molar-refractivity contribution in [3.8, 4) is 0 Å². The molecule has 0 bridgehead atoms. The number of anilines is 1. The van der Waals surface area contributed by atoms with Gasteiger partial charge in [0.15, 0.2) is 0 Å². The van der Waals surface area contributed by atoms with E-state index in [1.807, 2.05) is 43.9 Å². The summed E-state index contributed by atoms with van der Waals surface area (Å²) >= 11 is 6.10. The number of hydrogen-bond acceptors (Lipinski definition) is 3. The first kappa shape index (κ1) is 11.9. The van der Waals surface area contributed by atoms with E-state index in [4.69, 9.17) is 11.6 Å². The lowest BCUT2D eigenvalue weighted by Crippen LogP contribution is -2.04. The van der Waals surface area contributed by atoms with Gasteiger partial charge in [0.25, 0.3) is 0 Å². The maximum atomic E-state index is 6.10. The van der Waals surface area contributed by atoms with Gasteiger partial charge in [-0.1, -0.05) is 17.7 Å². The summed E-state index contributed by atoms with van der Waals surface area (Å²) in [5.74, 6) is 0.861. The van der Waals surface area contributed by atoms with Crippen molar-refractivity contribution in [3.05, 3.63) is 40.3 Å². The number of halogens is 1. The number of pyridine rings is 1. The molecule has 0 aromatic carbocycles. The Bertz CT molecular complexity index is 516. The molecule has 5 heteroatoms. The van der Waals surface area contributed by atoms with Crippen LogP contribution in [-0.4, -0.2) is 21.8 Å². The number of nitrogens with one attached hydrogen (secondary N) is 1. The van der Waals surface area contributed by atoms with E-state index in [-0.39, 0.29) is 0 Å². The molecule has 0 aliphatic carbocycles. The normalized spacial score (nSPS) is 10.6. The minimum Gasteiger partial charge on any atom is -0.373 e. The number of aromatic nitrogens is 3. The Hall–Kier alpha value is -1.55. The van der Waals surface area contributed by atoms with Gasteiger partial charge in [-0.3, -0.25) is 4.68 Å². The van der Waals surface area contributed by atoms with Crippen LogP contribution in [0.3, 0.4) is 0 Å². The van der Waals surface area contributed by atoms with Gasteiger partial charge in [-0.05, 0) is 25.5 Å². The first-order valence-electron chi connectivity index (χ1n) is 5.44. The first-order valence-corrected chi connectivity index (χ1v) is 5.82. The summed E-state index contributed by atoms with van der Waals surface area (Å²) < 4.78 is 1.90. The molecular formula is C12H15ClN4. The number of nitrogens with zero attached hydrogens (tertiary/aromatic N) is 3.